The molecule has 0 aliphatic carbocycles. The fourth-order valence-electron chi connectivity index (χ4n) is 2.68. The van der Waals surface area contributed by atoms with Gasteiger partial charge in [-0.3, -0.25) is 0 Å². The van der Waals surface area contributed by atoms with Crippen LogP contribution >= 0.6 is 0 Å². The van der Waals surface area contributed by atoms with Crippen molar-refractivity contribution in [2.75, 3.05) is 0 Å². The number of hydrogen-bond donors (Lipinski definition) is 0. The molecule has 0 radical (unpaired) electrons. The van der Waals surface area contributed by atoms with Crippen LogP contribution in [0, 0.1) is 6.92 Å². The molecule has 3 heteroatoms. The van der Waals surface area contributed by atoms with Crippen molar-refractivity contribution in [2.45, 2.75) is 38.6 Å². The normalized spacial score (nSPS) is 23.4. The van der Waals surface area contributed by atoms with Gasteiger partial charge in [0.25, 0.3) is 0 Å². The maximum absolute atomic E-state index is 12.6. The van der Waals surface area contributed by atoms with E-state index in [-0.39, 0.29) is 18.2 Å². The van der Waals surface area contributed by atoms with E-state index in [9.17, 15) is 4.79 Å². The fourth-order valence-corrected chi connectivity index (χ4v) is 2.68. The van der Waals surface area contributed by atoms with E-state index in [1.807, 2.05) is 75.4 Å². The standard InChI is InChI=1S/C19H20O3/c1-13(2)21-18(20)19(16-7-5-4-6-8-16)17(22-19)15-11-9-14(3)10-12-15/h4-13,17H,1-3H3. The smallest absolute Gasteiger partial charge is 0.346 e. The number of aryl methyl sites for hydroxylation is 1. The van der Waals surface area contributed by atoms with Crippen LogP contribution in [0.1, 0.15) is 36.6 Å². The van der Waals surface area contributed by atoms with Crippen LogP contribution in [0.25, 0.3) is 0 Å². The molecule has 0 N–H and O–H groups in total. The molecule has 1 heterocycles. The van der Waals surface area contributed by atoms with Crippen molar-refractivity contribution < 1.29 is 14.3 Å². The molecular formula is C19H20O3. The first kappa shape index (κ1) is 14.8. The first-order chi connectivity index (χ1) is 10.5. The molecule has 0 amide bonds. The summed E-state index contributed by atoms with van der Waals surface area (Å²) < 4.78 is 11.3. The van der Waals surface area contributed by atoms with E-state index >= 15 is 0 Å². The molecule has 3 nitrogen and oxygen atoms in total. The van der Waals surface area contributed by atoms with Gasteiger partial charge < -0.3 is 9.47 Å². The van der Waals surface area contributed by atoms with Crippen molar-refractivity contribution in [1.29, 1.82) is 0 Å². The van der Waals surface area contributed by atoms with Crippen LogP contribution in [-0.2, 0) is 19.9 Å². The molecule has 1 fully saturated rings. The average molecular weight is 296 g/mol. The van der Waals surface area contributed by atoms with Crippen molar-refractivity contribution in [3.05, 3.63) is 71.3 Å². The van der Waals surface area contributed by atoms with Gasteiger partial charge in [0.2, 0.25) is 5.60 Å². The van der Waals surface area contributed by atoms with Gasteiger partial charge in [-0.2, -0.15) is 0 Å². The maximum Gasteiger partial charge on any atom is 0.346 e. The summed E-state index contributed by atoms with van der Waals surface area (Å²) in [6, 6.07) is 17.6. The Morgan fingerprint density at radius 3 is 2.32 bits per heavy atom. The highest BCUT2D eigenvalue weighted by Crippen LogP contribution is 2.57. The molecule has 2 aromatic rings. The topological polar surface area (TPSA) is 38.8 Å². The Hall–Kier alpha value is -2.13. The van der Waals surface area contributed by atoms with E-state index in [4.69, 9.17) is 9.47 Å². The quantitative estimate of drug-likeness (QED) is 0.634. The van der Waals surface area contributed by atoms with E-state index in [0.29, 0.717) is 0 Å². The van der Waals surface area contributed by atoms with Crippen LogP contribution in [0.3, 0.4) is 0 Å². The van der Waals surface area contributed by atoms with E-state index in [2.05, 4.69) is 0 Å². The molecular weight excluding hydrogens is 276 g/mol. The second-order valence-corrected chi connectivity index (χ2v) is 5.96. The lowest BCUT2D eigenvalue weighted by molar-refractivity contribution is -0.154. The summed E-state index contributed by atoms with van der Waals surface area (Å²) in [5, 5.41) is 0. The molecule has 114 valence electrons. The summed E-state index contributed by atoms with van der Waals surface area (Å²) in [7, 11) is 0. The van der Waals surface area contributed by atoms with Crippen LogP contribution in [0.2, 0.25) is 0 Å². The minimum atomic E-state index is -1.01. The van der Waals surface area contributed by atoms with Crippen molar-refractivity contribution in [1.82, 2.24) is 0 Å². The Kier molecular flexibility index (Phi) is 3.75. The summed E-state index contributed by atoms with van der Waals surface area (Å²) in [6.07, 6.45) is -0.460. The number of carbonyl (C=O) groups excluding carboxylic acids is 1. The minimum Gasteiger partial charge on any atom is -0.460 e. The Morgan fingerprint density at radius 1 is 1.09 bits per heavy atom. The van der Waals surface area contributed by atoms with Crippen LogP contribution in [0.5, 0.6) is 0 Å². The second kappa shape index (κ2) is 5.58. The van der Waals surface area contributed by atoms with Gasteiger partial charge in [-0.15, -0.1) is 0 Å². The molecule has 0 saturated carbocycles. The average Bonchev–Trinajstić information content (AvgIpc) is 3.25. The Morgan fingerprint density at radius 2 is 1.73 bits per heavy atom. The van der Waals surface area contributed by atoms with Crippen molar-refractivity contribution >= 4 is 5.97 Å². The highest BCUT2D eigenvalue weighted by molar-refractivity contribution is 5.85. The highest BCUT2D eigenvalue weighted by atomic mass is 16.7. The van der Waals surface area contributed by atoms with Gasteiger partial charge in [0.1, 0.15) is 6.10 Å². The third-order valence-corrected chi connectivity index (χ3v) is 3.84. The molecule has 2 aromatic carbocycles. The lowest BCUT2D eigenvalue weighted by Gasteiger charge is -2.15. The molecule has 22 heavy (non-hydrogen) atoms. The zero-order valence-corrected chi connectivity index (χ0v) is 13.1. The second-order valence-electron chi connectivity index (χ2n) is 5.96. The number of hydrogen-bond acceptors (Lipinski definition) is 3. The predicted octanol–water partition coefficient (Wildman–Crippen LogP) is 3.91. The molecule has 3 rings (SSSR count). The first-order valence-corrected chi connectivity index (χ1v) is 7.55. The van der Waals surface area contributed by atoms with Gasteiger partial charge in [0.05, 0.1) is 6.10 Å². The first-order valence-electron chi connectivity index (χ1n) is 7.55. The highest BCUT2D eigenvalue weighted by Gasteiger charge is 2.65. The Bertz CT molecular complexity index is 661. The zero-order chi connectivity index (χ0) is 15.7. The summed E-state index contributed by atoms with van der Waals surface area (Å²) in [4.78, 5) is 12.6. The zero-order valence-electron chi connectivity index (χ0n) is 13.1. The van der Waals surface area contributed by atoms with Gasteiger partial charge in [0.15, 0.2) is 0 Å². The largest absolute Gasteiger partial charge is 0.460 e. The van der Waals surface area contributed by atoms with Crippen LogP contribution in [0.15, 0.2) is 54.6 Å². The lowest BCUT2D eigenvalue weighted by atomic mass is 9.91. The van der Waals surface area contributed by atoms with E-state index in [1.54, 1.807) is 0 Å². The van der Waals surface area contributed by atoms with Crippen molar-refractivity contribution in [3.8, 4) is 0 Å². The molecule has 1 saturated heterocycles. The SMILES string of the molecule is Cc1ccc(C2OC2(C(=O)OC(C)C)c2ccccc2)cc1. The predicted molar refractivity (Wildman–Crippen MR) is 84.4 cm³/mol. The number of carbonyl (C=O) groups is 1. The molecule has 0 bridgehead atoms. The van der Waals surface area contributed by atoms with Gasteiger partial charge in [0, 0.05) is 0 Å². The van der Waals surface area contributed by atoms with Crippen molar-refractivity contribution in [2.24, 2.45) is 0 Å². The summed E-state index contributed by atoms with van der Waals surface area (Å²) in [5.74, 6) is -0.320. The number of rotatable bonds is 4. The Balaban J connectivity index is 1.96. The number of benzene rings is 2. The van der Waals surface area contributed by atoms with Gasteiger partial charge >= 0.3 is 5.97 Å². The van der Waals surface area contributed by atoms with Gasteiger partial charge in [-0.05, 0) is 31.9 Å². The number of epoxide rings is 1. The summed E-state index contributed by atoms with van der Waals surface area (Å²) >= 11 is 0. The molecule has 1 aliphatic heterocycles. The van der Waals surface area contributed by atoms with E-state index < -0.39 is 5.60 Å². The third kappa shape index (κ3) is 2.53. The fraction of sp³-hybridized carbons (Fsp3) is 0.316. The van der Waals surface area contributed by atoms with Gasteiger partial charge in [-0.1, -0.05) is 60.2 Å². The molecule has 2 unspecified atom stereocenters. The molecule has 2 atom stereocenters. The summed E-state index contributed by atoms with van der Waals surface area (Å²) in [5.41, 5.74) is 2.00. The molecule has 0 aromatic heterocycles. The van der Waals surface area contributed by atoms with E-state index in [0.717, 1.165) is 11.1 Å². The van der Waals surface area contributed by atoms with Gasteiger partial charge in [-0.25, -0.2) is 4.79 Å². The molecule has 1 aliphatic rings. The third-order valence-electron chi connectivity index (χ3n) is 3.84. The monoisotopic (exact) mass is 296 g/mol. The van der Waals surface area contributed by atoms with E-state index in [1.165, 1.54) is 5.56 Å². The van der Waals surface area contributed by atoms with Crippen LogP contribution in [0.4, 0.5) is 0 Å². The number of esters is 1. The van der Waals surface area contributed by atoms with Crippen LogP contribution < -0.4 is 0 Å². The lowest BCUT2D eigenvalue weighted by Crippen LogP contribution is -2.28. The molecule has 0 spiro atoms. The van der Waals surface area contributed by atoms with Crippen LogP contribution in [-0.4, -0.2) is 12.1 Å². The Labute approximate surface area is 130 Å². The summed E-state index contributed by atoms with van der Waals surface area (Å²) in [6.45, 7) is 5.73. The maximum atomic E-state index is 12.6. The minimum absolute atomic E-state index is 0.170. The van der Waals surface area contributed by atoms with Crippen molar-refractivity contribution in [3.63, 3.8) is 0 Å². The number of ether oxygens (including phenoxy) is 2.